The number of carbonyl (C=O) groups excluding carboxylic acids is 1. The highest BCUT2D eigenvalue weighted by Gasteiger charge is 2.33. The Kier molecular flexibility index (Phi) is 6.97. The van der Waals surface area contributed by atoms with Gasteiger partial charge in [0.15, 0.2) is 0 Å². The molecule has 31 heavy (non-hydrogen) atoms. The minimum absolute atomic E-state index is 0.00167. The van der Waals surface area contributed by atoms with E-state index < -0.39 is 22.7 Å². The van der Waals surface area contributed by atoms with Crippen molar-refractivity contribution < 1.29 is 22.7 Å². The summed E-state index contributed by atoms with van der Waals surface area (Å²) in [5.41, 5.74) is 0.0510. The summed E-state index contributed by atoms with van der Waals surface area (Å²) in [5.74, 6) is -0.740. The Morgan fingerprint density at radius 2 is 1.81 bits per heavy atom. The first-order chi connectivity index (χ1) is 14.7. The molecule has 0 amide bonds. The Hall–Kier alpha value is -3.32. The van der Waals surface area contributed by atoms with Crippen LogP contribution >= 0.6 is 11.6 Å². The molecule has 0 unspecified atom stereocenters. The summed E-state index contributed by atoms with van der Waals surface area (Å²) in [4.78, 5) is 27.3. The zero-order valence-electron chi connectivity index (χ0n) is 16.1. The van der Waals surface area contributed by atoms with E-state index in [-0.39, 0.29) is 29.7 Å². The van der Waals surface area contributed by atoms with E-state index in [4.69, 9.17) is 16.3 Å². The van der Waals surface area contributed by atoms with Gasteiger partial charge in [-0.05, 0) is 35.4 Å². The molecular weight excluding hydrogens is 431 g/mol. The third-order valence-electron chi connectivity index (χ3n) is 4.39. The number of benzene rings is 2. The average Bonchev–Trinajstić information content (AvgIpc) is 2.74. The van der Waals surface area contributed by atoms with Crippen molar-refractivity contribution in [1.82, 2.24) is 4.98 Å². The number of esters is 1. The molecule has 0 bridgehead atoms. The van der Waals surface area contributed by atoms with E-state index in [1.54, 1.807) is 42.5 Å². The van der Waals surface area contributed by atoms with Crippen molar-refractivity contribution in [3.8, 4) is 0 Å². The van der Waals surface area contributed by atoms with Gasteiger partial charge in [0.2, 0.25) is 0 Å². The van der Waals surface area contributed by atoms with Crippen molar-refractivity contribution in [2.45, 2.75) is 19.2 Å². The van der Waals surface area contributed by atoms with Crippen LogP contribution in [-0.4, -0.2) is 11.0 Å². The second-order valence-electron chi connectivity index (χ2n) is 6.67. The molecule has 2 aromatic carbocycles. The number of aromatic nitrogens is 1. The van der Waals surface area contributed by atoms with Gasteiger partial charge >= 0.3 is 12.1 Å². The first-order valence-electron chi connectivity index (χ1n) is 9.19. The van der Waals surface area contributed by atoms with E-state index in [1.165, 1.54) is 12.3 Å². The fourth-order valence-electron chi connectivity index (χ4n) is 2.85. The fraction of sp³-hybridized carbons (Fsp3) is 0.130. The number of alkyl halides is 3. The number of H-pyrrole nitrogens is 1. The predicted octanol–water partition coefficient (Wildman–Crippen LogP) is 5.42. The van der Waals surface area contributed by atoms with E-state index >= 15 is 0 Å². The lowest BCUT2D eigenvalue weighted by Gasteiger charge is -2.12. The van der Waals surface area contributed by atoms with E-state index in [9.17, 15) is 22.8 Å². The van der Waals surface area contributed by atoms with Crippen molar-refractivity contribution >= 4 is 23.6 Å². The third kappa shape index (κ3) is 6.08. The van der Waals surface area contributed by atoms with Gasteiger partial charge in [-0.15, -0.1) is 0 Å². The molecule has 0 aliphatic rings. The Morgan fingerprint density at radius 1 is 1.06 bits per heavy atom. The molecule has 0 aliphatic carbocycles. The molecule has 8 heteroatoms. The number of rotatable bonds is 6. The average molecular weight is 448 g/mol. The molecule has 0 saturated heterocycles. The fourth-order valence-corrected chi connectivity index (χ4v) is 3.08. The number of pyridine rings is 1. The summed E-state index contributed by atoms with van der Waals surface area (Å²) in [6.07, 6.45) is -1.57. The van der Waals surface area contributed by atoms with Gasteiger partial charge in [0, 0.05) is 23.8 Å². The number of ether oxygens (including phenoxy) is 1. The summed E-state index contributed by atoms with van der Waals surface area (Å²) < 4.78 is 44.4. The summed E-state index contributed by atoms with van der Waals surface area (Å²) in [6.45, 7) is -0.379. The standard InChI is InChI=1S/C23H17ClF3NO3/c24-20-9-8-16(12-19(20)23(25,26)27)14-31-22(30)18(11-15-5-2-1-3-6-15)13-17-7-4-10-28-21(17)29/h1-12H,13-14H2,(H,28,29). The van der Waals surface area contributed by atoms with Crippen molar-refractivity contribution in [3.63, 3.8) is 0 Å². The van der Waals surface area contributed by atoms with Crippen LogP contribution in [-0.2, 0) is 28.7 Å². The molecule has 160 valence electrons. The van der Waals surface area contributed by atoms with E-state index in [0.29, 0.717) is 11.1 Å². The van der Waals surface area contributed by atoms with Crippen LogP contribution in [0.1, 0.15) is 22.3 Å². The van der Waals surface area contributed by atoms with Gasteiger partial charge in [-0.1, -0.05) is 54.1 Å². The SMILES string of the molecule is O=C(OCc1ccc(Cl)c(C(F)(F)F)c1)C(=Cc1ccccc1)Cc1ccc[nH]c1=O. The number of hydrogen-bond donors (Lipinski definition) is 1. The maximum Gasteiger partial charge on any atom is 0.417 e. The summed E-state index contributed by atoms with van der Waals surface area (Å²) in [7, 11) is 0. The highest BCUT2D eigenvalue weighted by Crippen LogP contribution is 2.35. The Labute approximate surface area is 181 Å². The van der Waals surface area contributed by atoms with Crippen LogP contribution in [0.15, 0.2) is 77.2 Å². The van der Waals surface area contributed by atoms with Gasteiger partial charge < -0.3 is 9.72 Å². The Balaban J connectivity index is 1.83. The molecular formula is C23H17ClF3NO3. The van der Waals surface area contributed by atoms with Crippen LogP contribution in [0.25, 0.3) is 6.08 Å². The van der Waals surface area contributed by atoms with Crippen LogP contribution in [0.5, 0.6) is 0 Å². The maximum absolute atomic E-state index is 13.0. The third-order valence-corrected chi connectivity index (χ3v) is 4.72. The normalized spacial score (nSPS) is 11.9. The largest absolute Gasteiger partial charge is 0.457 e. The van der Waals surface area contributed by atoms with Gasteiger partial charge in [-0.25, -0.2) is 4.79 Å². The molecule has 1 heterocycles. The van der Waals surface area contributed by atoms with Gasteiger partial charge in [0.25, 0.3) is 5.56 Å². The van der Waals surface area contributed by atoms with Crippen LogP contribution < -0.4 is 5.56 Å². The van der Waals surface area contributed by atoms with Gasteiger partial charge in [0.1, 0.15) is 6.61 Å². The lowest BCUT2D eigenvalue weighted by atomic mass is 10.0. The first kappa shape index (κ1) is 22.4. The van der Waals surface area contributed by atoms with Crippen molar-refractivity contribution in [2.75, 3.05) is 0 Å². The molecule has 0 atom stereocenters. The van der Waals surface area contributed by atoms with Crippen LogP contribution in [0.4, 0.5) is 13.2 Å². The maximum atomic E-state index is 13.0. The Bertz CT molecular complexity index is 1150. The van der Waals surface area contributed by atoms with Crippen LogP contribution in [0.2, 0.25) is 5.02 Å². The molecule has 0 saturated carbocycles. The molecule has 0 radical (unpaired) electrons. The Morgan fingerprint density at radius 3 is 2.48 bits per heavy atom. The van der Waals surface area contributed by atoms with Crippen molar-refractivity contribution in [3.05, 3.63) is 110 Å². The predicted molar refractivity (Wildman–Crippen MR) is 111 cm³/mol. The molecule has 0 fully saturated rings. The minimum atomic E-state index is -4.62. The highest BCUT2D eigenvalue weighted by atomic mass is 35.5. The van der Waals surface area contributed by atoms with Crippen LogP contribution in [0.3, 0.4) is 0 Å². The topological polar surface area (TPSA) is 59.2 Å². The van der Waals surface area contributed by atoms with E-state index in [1.807, 2.05) is 6.07 Å². The summed E-state index contributed by atoms with van der Waals surface area (Å²) in [6, 6.07) is 15.5. The molecule has 1 N–H and O–H groups in total. The number of hydrogen-bond acceptors (Lipinski definition) is 3. The van der Waals surface area contributed by atoms with Crippen molar-refractivity contribution in [1.29, 1.82) is 0 Å². The lowest BCUT2D eigenvalue weighted by molar-refractivity contribution is -0.140. The minimum Gasteiger partial charge on any atom is -0.457 e. The molecule has 1 aromatic heterocycles. The quantitative estimate of drug-likeness (QED) is 0.405. The number of aromatic amines is 1. The van der Waals surface area contributed by atoms with Gasteiger partial charge in [-0.2, -0.15) is 13.2 Å². The lowest BCUT2D eigenvalue weighted by Crippen LogP contribution is -2.16. The second kappa shape index (κ2) is 9.66. The number of nitrogens with one attached hydrogen (secondary N) is 1. The monoisotopic (exact) mass is 447 g/mol. The zero-order chi connectivity index (χ0) is 22.4. The smallest absolute Gasteiger partial charge is 0.417 e. The molecule has 3 rings (SSSR count). The van der Waals surface area contributed by atoms with Gasteiger partial charge in [0.05, 0.1) is 10.6 Å². The zero-order valence-corrected chi connectivity index (χ0v) is 16.8. The first-order valence-corrected chi connectivity index (χ1v) is 9.57. The number of halogens is 4. The molecule has 4 nitrogen and oxygen atoms in total. The van der Waals surface area contributed by atoms with Gasteiger partial charge in [-0.3, -0.25) is 4.79 Å². The summed E-state index contributed by atoms with van der Waals surface area (Å²) in [5, 5.41) is -0.435. The second-order valence-corrected chi connectivity index (χ2v) is 7.08. The molecule has 3 aromatic rings. The highest BCUT2D eigenvalue weighted by molar-refractivity contribution is 6.31. The van der Waals surface area contributed by atoms with Crippen molar-refractivity contribution in [2.24, 2.45) is 0 Å². The number of carbonyl (C=O) groups is 1. The molecule has 0 spiro atoms. The molecule has 0 aliphatic heterocycles. The summed E-state index contributed by atoms with van der Waals surface area (Å²) >= 11 is 5.62. The van der Waals surface area contributed by atoms with E-state index in [0.717, 1.165) is 12.1 Å². The van der Waals surface area contributed by atoms with E-state index in [2.05, 4.69) is 4.98 Å². The van der Waals surface area contributed by atoms with Crippen LogP contribution in [0, 0.1) is 0 Å².